The molecule has 0 saturated heterocycles. The Morgan fingerprint density at radius 2 is 2.11 bits per heavy atom. The summed E-state index contributed by atoms with van der Waals surface area (Å²) >= 11 is 3.13. The Balaban J connectivity index is 1.85. The highest BCUT2D eigenvalue weighted by atomic mass is 32.1. The molecule has 0 spiro atoms. The predicted molar refractivity (Wildman–Crippen MR) is 115 cm³/mol. The minimum atomic E-state index is -0.0480. The lowest BCUT2D eigenvalue weighted by Gasteiger charge is -2.19. The number of hydrogen-bond acceptors (Lipinski definition) is 6. The van der Waals surface area contributed by atoms with Gasteiger partial charge in [0.1, 0.15) is 5.75 Å². The summed E-state index contributed by atoms with van der Waals surface area (Å²) in [4.78, 5) is 22.5. The molecule has 2 heterocycles. The Morgan fingerprint density at radius 1 is 1.26 bits per heavy atom. The highest BCUT2D eigenvalue weighted by molar-refractivity contribution is 7.22. The molecule has 0 N–H and O–H groups in total. The van der Waals surface area contributed by atoms with E-state index >= 15 is 0 Å². The standard InChI is InChI=1S/C20H23N3O2S2/c1-22(2)11-5-12-23(19(24)10-8-16-6-4-13-26-16)20-21-17-9-7-15(25-3)14-18(17)27-20/h4,6-10,13-14H,5,11-12H2,1-3H3. The summed E-state index contributed by atoms with van der Waals surface area (Å²) < 4.78 is 6.30. The van der Waals surface area contributed by atoms with E-state index in [9.17, 15) is 4.79 Å². The third-order valence-electron chi connectivity index (χ3n) is 4.00. The first-order chi connectivity index (χ1) is 13.1. The van der Waals surface area contributed by atoms with Gasteiger partial charge in [0.25, 0.3) is 5.91 Å². The number of aromatic nitrogens is 1. The number of thiazole rings is 1. The van der Waals surface area contributed by atoms with Gasteiger partial charge in [-0.05, 0) is 62.8 Å². The minimum absolute atomic E-state index is 0.0480. The van der Waals surface area contributed by atoms with Crippen LogP contribution in [0.2, 0.25) is 0 Å². The van der Waals surface area contributed by atoms with Gasteiger partial charge in [0.15, 0.2) is 5.13 Å². The van der Waals surface area contributed by atoms with Gasteiger partial charge in [-0.3, -0.25) is 9.69 Å². The number of rotatable bonds is 8. The molecule has 7 heteroatoms. The average molecular weight is 402 g/mol. The molecular formula is C20H23N3O2S2. The topological polar surface area (TPSA) is 45.7 Å². The molecule has 0 aliphatic rings. The van der Waals surface area contributed by atoms with Crippen molar-refractivity contribution in [2.24, 2.45) is 0 Å². The number of ether oxygens (including phenoxy) is 1. The van der Waals surface area contributed by atoms with Gasteiger partial charge in [0, 0.05) is 17.5 Å². The average Bonchev–Trinajstić information content (AvgIpc) is 3.31. The van der Waals surface area contributed by atoms with E-state index in [1.54, 1.807) is 29.4 Å². The normalized spacial score (nSPS) is 11.6. The number of nitrogens with zero attached hydrogens (tertiary/aromatic N) is 3. The summed E-state index contributed by atoms with van der Waals surface area (Å²) in [6.07, 6.45) is 4.38. The van der Waals surface area contributed by atoms with Crippen LogP contribution in [-0.2, 0) is 4.79 Å². The lowest BCUT2D eigenvalue weighted by atomic mass is 10.3. The van der Waals surface area contributed by atoms with Crippen molar-refractivity contribution in [2.75, 3.05) is 39.2 Å². The van der Waals surface area contributed by atoms with Gasteiger partial charge in [-0.1, -0.05) is 17.4 Å². The number of thiophene rings is 1. The second-order valence-electron chi connectivity index (χ2n) is 6.33. The number of benzene rings is 1. The maximum absolute atomic E-state index is 12.9. The summed E-state index contributed by atoms with van der Waals surface area (Å²) in [6, 6.07) is 9.75. The van der Waals surface area contributed by atoms with Gasteiger partial charge in [0.2, 0.25) is 0 Å². The van der Waals surface area contributed by atoms with Crippen LogP contribution >= 0.6 is 22.7 Å². The van der Waals surface area contributed by atoms with Crippen molar-refractivity contribution in [2.45, 2.75) is 6.42 Å². The lowest BCUT2D eigenvalue weighted by Crippen LogP contribution is -2.32. The van der Waals surface area contributed by atoms with Crippen molar-refractivity contribution in [3.05, 3.63) is 46.7 Å². The van der Waals surface area contributed by atoms with E-state index in [4.69, 9.17) is 4.74 Å². The lowest BCUT2D eigenvalue weighted by molar-refractivity contribution is -0.114. The van der Waals surface area contributed by atoms with E-state index in [1.807, 2.05) is 55.9 Å². The van der Waals surface area contributed by atoms with Crippen molar-refractivity contribution >= 4 is 50.0 Å². The Labute approximate surface area is 167 Å². The van der Waals surface area contributed by atoms with Gasteiger partial charge in [-0.15, -0.1) is 11.3 Å². The summed E-state index contributed by atoms with van der Waals surface area (Å²) in [5, 5.41) is 2.72. The molecule has 1 aromatic carbocycles. The third kappa shape index (κ3) is 5.15. The Hall–Kier alpha value is -2.22. The number of carbonyl (C=O) groups is 1. The van der Waals surface area contributed by atoms with Crippen LogP contribution in [0.1, 0.15) is 11.3 Å². The summed E-state index contributed by atoms with van der Waals surface area (Å²) in [6.45, 7) is 1.54. The van der Waals surface area contributed by atoms with E-state index in [1.165, 1.54) is 11.3 Å². The van der Waals surface area contributed by atoms with Gasteiger partial charge in [0.05, 0.1) is 17.3 Å². The van der Waals surface area contributed by atoms with Crippen molar-refractivity contribution in [1.29, 1.82) is 0 Å². The molecule has 1 amide bonds. The number of anilines is 1. The van der Waals surface area contributed by atoms with Crippen LogP contribution in [0.3, 0.4) is 0 Å². The number of hydrogen-bond donors (Lipinski definition) is 0. The summed E-state index contributed by atoms with van der Waals surface area (Å²) in [5.41, 5.74) is 0.878. The zero-order valence-corrected chi connectivity index (χ0v) is 17.3. The highest BCUT2D eigenvalue weighted by Crippen LogP contribution is 2.31. The Kier molecular flexibility index (Phi) is 6.60. The smallest absolute Gasteiger partial charge is 0.252 e. The first kappa shape index (κ1) is 19.5. The fourth-order valence-corrected chi connectivity index (χ4v) is 4.25. The number of methoxy groups -OCH3 is 1. The van der Waals surface area contributed by atoms with Gasteiger partial charge in [-0.2, -0.15) is 0 Å². The zero-order chi connectivity index (χ0) is 19.2. The maximum atomic E-state index is 12.9. The molecule has 0 atom stereocenters. The van der Waals surface area contributed by atoms with Crippen LogP contribution in [0.25, 0.3) is 16.3 Å². The molecule has 27 heavy (non-hydrogen) atoms. The van der Waals surface area contributed by atoms with Crippen molar-refractivity contribution < 1.29 is 9.53 Å². The van der Waals surface area contributed by atoms with Crippen molar-refractivity contribution in [3.8, 4) is 5.75 Å². The fraction of sp³-hybridized carbons (Fsp3) is 0.300. The maximum Gasteiger partial charge on any atom is 0.252 e. The molecule has 3 aromatic rings. The second kappa shape index (κ2) is 9.12. The van der Waals surface area contributed by atoms with Crippen LogP contribution < -0.4 is 9.64 Å². The molecule has 142 valence electrons. The largest absolute Gasteiger partial charge is 0.497 e. The van der Waals surface area contributed by atoms with Crippen LogP contribution in [0, 0.1) is 0 Å². The monoisotopic (exact) mass is 401 g/mol. The minimum Gasteiger partial charge on any atom is -0.497 e. The first-order valence-corrected chi connectivity index (χ1v) is 10.4. The quantitative estimate of drug-likeness (QED) is 0.526. The molecule has 5 nitrogen and oxygen atoms in total. The van der Waals surface area contributed by atoms with Crippen LogP contribution in [-0.4, -0.2) is 50.1 Å². The molecule has 0 fully saturated rings. The third-order valence-corrected chi connectivity index (χ3v) is 5.88. The first-order valence-electron chi connectivity index (χ1n) is 8.69. The molecule has 0 radical (unpaired) electrons. The van der Waals surface area contributed by atoms with Gasteiger partial charge >= 0.3 is 0 Å². The van der Waals surface area contributed by atoms with Crippen LogP contribution in [0.4, 0.5) is 5.13 Å². The van der Waals surface area contributed by atoms with Crippen molar-refractivity contribution in [3.63, 3.8) is 0 Å². The SMILES string of the molecule is COc1ccc2nc(N(CCCN(C)C)C(=O)C=Cc3cccs3)sc2c1. The van der Waals surface area contributed by atoms with Crippen LogP contribution in [0.15, 0.2) is 41.8 Å². The number of carbonyl (C=O) groups excluding carboxylic acids is 1. The Morgan fingerprint density at radius 3 is 2.81 bits per heavy atom. The second-order valence-corrected chi connectivity index (χ2v) is 8.31. The van der Waals surface area contributed by atoms with E-state index in [2.05, 4.69) is 9.88 Å². The number of amides is 1. The van der Waals surface area contributed by atoms with Crippen LogP contribution in [0.5, 0.6) is 5.75 Å². The molecule has 0 unspecified atom stereocenters. The molecule has 0 aliphatic heterocycles. The molecule has 0 bridgehead atoms. The molecule has 0 aliphatic carbocycles. The van der Waals surface area contributed by atoms with E-state index in [-0.39, 0.29) is 5.91 Å². The summed E-state index contributed by atoms with van der Waals surface area (Å²) in [7, 11) is 5.72. The number of fused-ring (bicyclic) bond motifs is 1. The molecule has 0 saturated carbocycles. The molecule has 2 aromatic heterocycles. The highest BCUT2D eigenvalue weighted by Gasteiger charge is 2.18. The molecular weight excluding hydrogens is 378 g/mol. The van der Waals surface area contributed by atoms with Gasteiger partial charge in [-0.25, -0.2) is 4.98 Å². The predicted octanol–water partition coefficient (Wildman–Crippen LogP) is 4.36. The fourth-order valence-electron chi connectivity index (χ4n) is 2.61. The van der Waals surface area contributed by atoms with Crippen molar-refractivity contribution in [1.82, 2.24) is 9.88 Å². The van der Waals surface area contributed by atoms with Gasteiger partial charge < -0.3 is 9.64 Å². The Bertz CT molecular complexity index is 917. The van der Waals surface area contributed by atoms with E-state index in [0.29, 0.717) is 6.54 Å². The molecule has 3 rings (SSSR count). The zero-order valence-electron chi connectivity index (χ0n) is 15.7. The van der Waals surface area contributed by atoms with E-state index < -0.39 is 0 Å². The summed E-state index contributed by atoms with van der Waals surface area (Å²) in [5.74, 6) is 0.744. The van der Waals surface area contributed by atoms with E-state index in [0.717, 1.165) is 38.9 Å².